The molecule has 17 heteroatoms. The summed E-state index contributed by atoms with van der Waals surface area (Å²) in [6.07, 6.45) is 1.92. The highest BCUT2D eigenvalue weighted by Gasteiger charge is 2.42. The number of halogens is 3. The van der Waals surface area contributed by atoms with Gasteiger partial charge in [0.25, 0.3) is 11.8 Å². The molecular weight excluding hydrogens is 792 g/mol. The van der Waals surface area contributed by atoms with E-state index in [-0.39, 0.29) is 36.1 Å². The van der Waals surface area contributed by atoms with Gasteiger partial charge in [-0.15, -0.1) is 0 Å². The Balaban J connectivity index is 0.826. The van der Waals surface area contributed by atoms with Crippen molar-refractivity contribution in [2.24, 2.45) is 11.8 Å². The van der Waals surface area contributed by atoms with Crippen LogP contribution in [0.15, 0.2) is 54.7 Å². The Morgan fingerprint density at radius 1 is 0.902 bits per heavy atom. The van der Waals surface area contributed by atoms with Crippen LogP contribution >= 0.6 is 0 Å². The van der Waals surface area contributed by atoms with E-state index in [1.165, 1.54) is 19.2 Å². The first-order valence-corrected chi connectivity index (χ1v) is 20.9. The van der Waals surface area contributed by atoms with Crippen molar-refractivity contribution >= 4 is 52.8 Å². The van der Waals surface area contributed by atoms with Gasteiger partial charge in [0, 0.05) is 77.4 Å². The fourth-order valence-corrected chi connectivity index (χ4v) is 8.91. The lowest BCUT2D eigenvalue weighted by atomic mass is 9.93. The van der Waals surface area contributed by atoms with E-state index in [4.69, 9.17) is 5.26 Å². The van der Waals surface area contributed by atoms with Gasteiger partial charge in [-0.25, -0.2) is 4.98 Å². The summed E-state index contributed by atoms with van der Waals surface area (Å²) >= 11 is 0. The average Bonchev–Trinajstić information content (AvgIpc) is 3.54. The second-order valence-corrected chi connectivity index (χ2v) is 16.1. The molecule has 2 aromatic carbocycles. The van der Waals surface area contributed by atoms with Crippen LogP contribution in [-0.4, -0.2) is 117 Å². The third kappa shape index (κ3) is 9.64. The lowest BCUT2D eigenvalue weighted by Gasteiger charge is -2.38. The summed E-state index contributed by atoms with van der Waals surface area (Å²) in [5, 5.41) is 14.5. The van der Waals surface area contributed by atoms with Crippen molar-refractivity contribution in [1.29, 1.82) is 5.26 Å². The van der Waals surface area contributed by atoms with Crippen molar-refractivity contribution in [3.63, 3.8) is 0 Å². The van der Waals surface area contributed by atoms with Crippen LogP contribution in [0, 0.1) is 23.2 Å². The third-order valence-electron chi connectivity index (χ3n) is 12.6. The SMILES string of the molecule is CNC(=O)CCC(C=O)N1C(=O)c2cccc(N3CCN(CCC4CCN(c5ccc(NC(=O)C6CCN(c7ccc(C#N)c(C(F)(F)F)c7)CC6)nc5)CC4)CC3)c2C1=O. The molecule has 322 valence electrons. The number of imide groups is 1. The number of benzene rings is 2. The minimum atomic E-state index is -4.63. The first-order valence-electron chi connectivity index (χ1n) is 20.9. The summed E-state index contributed by atoms with van der Waals surface area (Å²) in [5.74, 6) is -0.711. The predicted molar refractivity (Wildman–Crippen MR) is 222 cm³/mol. The normalized spacial score (nSPS) is 18.5. The van der Waals surface area contributed by atoms with Crippen molar-refractivity contribution in [3.05, 3.63) is 77.0 Å². The molecule has 4 aliphatic rings. The number of hydrogen-bond acceptors (Lipinski definition) is 11. The third-order valence-corrected chi connectivity index (χ3v) is 12.6. The van der Waals surface area contributed by atoms with E-state index in [0.717, 1.165) is 68.6 Å². The number of piperidine rings is 2. The topological polar surface area (TPSA) is 162 Å². The van der Waals surface area contributed by atoms with Crippen molar-refractivity contribution in [1.82, 2.24) is 20.1 Å². The van der Waals surface area contributed by atoms with E-state index in [9.17, 15) is 37.1 Å². The van der Waals surface area contributed by atoms with E-state index in [0.29, 0.717) is 74.0 Å². The molecule has 0 aliphatic carbocycles. The predicted octanol–water partition coefficient (Wildman–Crippen LogP) is 4.95. The lowest BCUT2D eigenvalue weighted by Crippen LogP contribution is -2.47. The number of carbonyl (C=O) groups is 5. The smallest absolute Gasteiger partial charge is 0.371 e. The van der Waals surface area contributed by atoms with Crippen molar-refractivity contribution < 1.29 is 37.1 Å². The Labute approximate surface area is 352 Å². The summed E-state index contributed by atoms with van der Waals surface area (Å²) in [6.45, 7) is 6.61. The molecule has 3 aromatic rings. The number of nitrogens with zero attached hydrogens (tertiary/aromatic N) is 7. The minimum absolute atomic E-state index is 0.0235. The van der Waals surface area contributed by atoms with Gasteiger partial charge in [-0.1, -0.05) is 6.07 Å². The van der Waals surface area contributed by atoms with Crippen molar-refractivity contribution in [2.75, 3.05) is 86.0 Å². The number of fused-ring (bicyclic) bond motifs is 1. The molecule has 0 radical (unpaired) electrons. The van der Waals surface area contributed by atoms with Crippen LogP contribution in [0.25, 0.3) is 0 Å². The molecule has 2 N–H and O–H groups in total. The molecule has 4 amide bonds. The Morgan fingerprint density at radius 3 is 2.23 bits per heavy atom. The number of piperazine rings is 1. The lowest BCUT2D eigenvalue weighted by molar-refractivity contribution is -0.137. The fraction of sp³-hybridized carbons (Fsp3) is 0.477. The molecule has 14 nitrogen and oxygen atoms in total. The highest BCUT2D eigenvalue weighted by Crippen LogP contribution is 2.37. The zero-order chi connectivity index (χ0) is 43.3. The summed E-state index contributed by atoms with van der Waals surface area (Å²) < 4.78 is 40.4. The number of aromatic nitrogens is 1. The molecule has 0 saturated carbocycles. The van der Waals surface area contributed by atoms with Crippen molar-refractivity contribution in [3.8, 4) is 6.07 Å². The quantitative estimate of drug-likeness (QED) is 0.177. The first kappa shape index (κ1) is 43.1. The molecule has 7 rings (SSSR count). The molecule has 4 aliphatic heterocycles. The Kier molecular flexibility index (Phi) is 13.2. The summed E-state index contributed by atoms with van der Waals surface area (Å²) in [6, 6.07) is 13.3. The van der Waals surface area contributed by atoms with E-state index < -0.39 is 35.2 Å². The van der Waals surface area contributed by atoms with Gasteiger partial charge in [0.1, 0.15) is 12.1 Å². The highest BCUT2D eigenvalue weighted by molar-refractivity contribution is 6.24. The maximum Gasteiger partial charge on any atom is 0.417 e. The van der Waals surface area contributed by atoms with E-state index in [2.05, 4.69) is 30.3 Å². The standard InChI is InChI=1S/C44H50F3N9O5/c1-49-39(58)10-8-34(28-57)56-42(60)35-3-2-4-37(40(35)43(56)61)55-23-21-52(22-24-55)16-11-29-12-17-54(18-13-29)33-7-9-38(50-27-33)51-41(59)30-14-19-53(20-15-30)32-6-5-31(26-48)36(25-32)44(45,46)47/h2-7,9,25,27-30,34H,8,10-24H2,1H3,(H,49,58)(H,50,51,59). The number of hydrogen-bond donors (Lipinski definition) is 2. The van der Waals surface area contributed by atoms with Gasteiger partial charge in [-0.2, -0.15) is 18.4 Å². The molecule has 61 heavy (non-hydrogen) atoms. The zero-order valence-corrected chi connectivity index (χ0v) is 34.1. The van der Waals surface area contributed by atoms with Gasteiger partial charge < -0.3 is 30.1 Å². The molecular formula is C44H50F3N9O5. The maximum absolute atomic E-state index is 13.6. The average molecular weight is 842 g/mol. The van der Waals surface area contributed by atoms with Crippen molar-refractivity contribution in [2.45, 2.75) is 57.2 Å². The number of carbonyl (C=O) groups excluding carboxylic acids is 5. The number of aldehydes is 1. The largest absolute Gasteiger partial charge is 0.417 e. The van der Waals surface area contributed by atoms with Crippen LogP contribution < -0.4 is 25.3 Å². The van der Waals surface area contributed by atoms with Gasteiger partial charge >= 0.3 is 6.18 Å². The Hall–Kier alpha value is -6.02. The number of nitrogens with one attached hydrogen (secondary N) is 2. The van der Waals surface area contributed by atoms with Gasteiger partial charge in [-0.3, -0.25) is 29.0 Å². The number of alkyl halides is 3. The Bertz CT molecular complexity index is 2150. The van der Waals surface area contributed by atoms with Crippen LogP contribution in [0.4, 0.5) is 36.1 Å². The fourth-order valence-electron chi connectivity index (χ4n) is 8.91. The molecule has 1 unspecified atom stereocenters. The van der Waals surface area contributed by atoms with Gasteiger partial charge in [0.15, 0.2) is 0 Å². The number of pyridine rings is 1. The molecule has 3 fully saturated rings. The second kappa shape index (κ2) is 18.7. The second-order valence-electron chi connectivity index (χ2n) is 16.1. The van der Waals surface area contributed by atoms with E-state index in [1.54, 1.807) is 30.5 Å². The number of nitriles is 1. The first-order chi connectivity index (χ1) is 29.4. The molecule has 3 saturated heterocycles. The monoisotopic (exact) mass is 841 g/mol. The van der Waals surface area contributed by atoms with Gasteiger partial charge in [-0.05, 0) is 93.5 Å². The summed E-state index contributed by atoms with van der Waals surface area (Å²) in [7, 11) is 1.49. The number of anilines is 4. The highest BCUT2D eigenvalue weighted by atomic mass is 19.4. The molecule has 5 heterocycles. The minimum Gasteiger partial charge on any atom is -0.371 e. The molecule has 0 bridgehead atoms. The summed E-state index contributed by atoms with van der Waals surface area (Å²) in [4.78, 5) is 77.9. The van der Waals surface area contributed by atoms with Crippen LogP contribution in [0.2, 0.25) is 0 Å². The van der Waals surface area contributed by atoms with E-state index in [1.807, 2.05) is 17.0 Å². The van der Waals surface area contributed by atoms with Crippen LogP contribution in [-0.2, 0) is 20.6 Å². The molecule has 1 atom stereocenters. The van der Waals surface area contributed by atoms with Gasteiger partial charge in [0.2, 0.25) is 11.8 Å². The molecule has 0 spiro atoms. The summed E-state index contributed by atoms with van der Waals surface area (Å²) in [5.41, 5.74) is 1.30. The van der Waals surface area contributed by atoms with Crippen LogP contribution in [0.5, 0.6) is 0 Å². The van der Waals surface area contributed by atoms with Gasteiger partial charge in [0.05, 0.1) is 51.9 Å². The van der Waals surface area contributed by atoms with E-state index >= 15 is 0 Å². The maximum atomic E-state index is 13.6. The van der Waals surface area contributed by atoms with Crippen LogP contribution in [0.3, 0.4) is 0 Å². The molecule has 1 aromatic heterocycles. The Morgan fingerprint density at radius 2 is 1.59 bits per heavy atom. The number of amides is 4. The number of rotatable bonds is 13. The van der Waals surface area contributed by atoms with Crippen LogP contribution in [0.1, 0.15) is 76.8 Å². The zero-order valence-electron chi connectivity index (χ0n) is 34.1.